The highest BCUT2D eigenvalue weighted by Gasteiger charge is 2.15. The molecule has 0 aliphatic heterocycles. The monoisotopic (exact) mass is 320 g/mol. The molecule has 0 saturated carbocycles. The Kier molecular flexibility index (Phi) is 4.42. The van der Waals surface area contributed by atoms with E-state index in [-0.39, 0.29) is 11.7 Å². The van der Waals surface area contributed by atoms with Crippen molar-refractivity contribution in [2.24, 2.45) is 0 Å². The van der Waals surface area contributed by atoms with E-state index in [9.17, 15) is 4.79 Å². The Morgan fingerprint density at radius 1 is 1.12 bits per heavy atom. The lowest BCUT2D eigenvalue weighted by atomic mass is 10.1. The zero-order chi connectivity index (χ0) is 17.1. The molecule has 2 aromatic carbocycles. The van der Waals surface area contributed by atoms with Gasteiger partial charge in [-0.1, -0.05) is 42.8 Å². The third kappa shape index (κ3) is 3.20. The molecule has 0 radical (unpaired) electrons. The third-order valence-electron chi connectivity index (χ3n) is 3.97. The zero-order valence-corrected chi connectivity index (χ0v) is 14.1. The largest absolute Gasteiger partial charge is 0.319 e. The number of hydrogen-bond acceptors (Lipinski definition) is 3. The summed E-state index contributed by atoms with van der Waals surface area (Å²) < 4.78 is 1.60. The average molecular weight is 320 g/mol. The lowest BCUT2D eigenvalue weighted by molar-refractivity contribution is 0.101. The number of para-hydroxylation sites is 1. The van der Waals surface area contributed by atoms with Crippen LogP contribution in [0.5, 0.6) is 0 Å². The highest BCUT2D eigenvalue weighted by molar-refractivity contribution is 6.02. The second-order valence-corrected chi connectivity index (χ2v) is 5.77. The van der Waals surface area contributed by atoms with Crippen molar-refractivity contribution in [3.05, 3.63) is 71.3 Å². The highest BCUT2D eigenvalue weighted by atomic mass is 16.2. The molecule has 0 aliphatic carbocycles. The molecule has 0 saturated heterocycles. The van der Waals surface area contributed by atoms with Crippen LogP contribution in [0.4, 0.5) is 5.69 Å². The Morgan fingerprint density at radius 2 is 1.88 bits per heavy atom. The summed E-state index contributed by atoms with van der Waals surface area (Å²) in [7, 11) is 0. The topological polar surface area (TPSA) is 59.8 Å². The summed E-state index contributed by atoms with van der Waals surface area (Å²) in [4.78, 5) is 16.6. The maximum atomic E-state index is 12.5. The smallest absolute Gasteiger partial charge is 0.295 e. The number of aromatic nitrogens is 3. The van der Waals surface area contributed by atoms with Gasteiger partial charge in [0.25, 0.3) is 5.91 Å². The van der Waals surface area contributed by atoms with Gasteiger partial charge in [-0.25, -0.2) is 9.67 Å². The number of nitrogens with zero attached hydrogens (tertiary/aromatic N) is 3. The number of benzene rings is 2. The molecular formula is C19H20N4O. The Hall–Kier alpha value is -2.95. The number of carbonyl (C=O) groups is 1. The van der Waals surface area contributed by atoms with Crippen molar-refractivity contribution < 1.29 is 4.79 Å². The quantitative estimate of drug-likeness (QED) is 0.797. The number of carbonyl (C=O) groups excluding carboxylic acids is 1. The first-order chi connectivity index (χ1) is 11.6. The van der Waals surface area contributed by atoms with Gasteiger partial charge in [-0.15, -0.1) is 5.10 Å². The number of hydrogen-bond donors (Lipinski definition) is 1. The molecule has 0 spiro atoms. The summed E-state index contributed by atoms with van der Waals surface area (Å²) in [6.45, 7) is 6.07. The van der Waals surface area contributed by atoms with Gasteiger partial charge in [0.2, 0.25) is 5.82 Å². The van der Waals surface area contributed by atoms with Crippen molar-refractivity contribution in [2.45, 2.75) is 27.2 Å². The van der Waals surface area contributed by atoms with E-state index < -0.39 is 0 Å². The van der Waals surface area contributed by atoms with Gasteiger partial charge in [0, 0.05) is 5.69 Å². The van der Waals surface area contributed by atoms with E-state index in [1.165, 1.54) is 5.56 Å². The van der Waals surface area contributed by atoms with Gasteiger partial charge in [-0.3, -0.25) is 4.79 Å². The Balaban J connectivity index is 1.83. The molecule has 24 heavy (non-hydrogen) atoms. The number of amides is 1. The summed E-state index contributed by atoms with van der Waals surface area (Å²) in [5.74, 6) is -0.147. The van der Waals surface area contributed by atoms with Gasteiger partial charge in [-0.2, -0.15) is 0 Å². The first kappa shape index (κ1) is 15.9. The molecule has 3 aromatic rings. The van der Waals surface area contributed by atoms with Crippen LogP contribution in [0.2, 0.25) is 0 Å². The van der Waals surface area contributed by atoms with Crippen molar-refractivity contribution in [1.82, 2.24) is 14.8 Å². The van der Waals surface area contributed by atoms with Gasteiger partial charge >= 0.3 is 0 Å². The second kappa shape index (κ2) is 6.66. The first-order valence-electron chi connectivity index (χ1n) is 7.97. The fraction of sp³-hybridized carbons (Fsp3) is 0.211. The van der Waals surface area contributed by atoms with Crippen LogP contribution in [-0.2, 0) is 6.42 Å². The van der Waals surface area contributed by atoms with E-state index in [1.54, 1.807) is 11.0 Å². The van der Waals surface area contributed by atoms with Crippen molar-refractivity contribution in [1.29, 1.82) is 0 Å². The van der Waals surface area contributed by atoms with Gasteiger partial charge in [-0.05, 0) is 43.5 Å². The average Bonchev–Trinajstić information content (AvgIpc) is 3.07. The van der Waals surface area contributed by atoms with Gasteiger partial charge in [0.15, 0.2) is 0 Å². The fourth-order valence-corrected chi connectivity index (χ4v) is 2.56. The second-order valence-electron chi connectivity index (χ2n) is 5.77. The molecular weight excluding hydrogens is 300 g/mol. The predicted molar refractivity (Wildman–Crippen MR) is 94.6 cm³/mol. The van der Waals surface area contributed by atoms with E-state index in [1.807, 2.05) is 56.3 Å². The van der Waals surface area contributed by atoms with Crippen LogP contribution in [0.15, 0.2) is 48.8 Å². The molecule has 0 unspecified atom stereocenters. The minimum atomic E-state index is -0.301. The van der Waals surface area contributed by atoms with Crippen molar-refractivity contribution in [3.8, 4) is 5.69 Å². The molecule has 0 aliphatic rings. The van der Waals surface area contributed by atoms with Crippen LogP contribution < -0.4 is 5.32 Å². The molecule has 1 aromatic heterocycles. The first-order valence-corrected chi connectivity index (χ1v) is 7.97. The van der Waals surface area contributed by atoms with Gasteiger partial charge < -0.3 is 5.32 Å². The van der Waals surface area contributed by atoms with Gasteiger partial charge in [0.1, 0.15) is 6.33 Å². The number of anilines is 1. The van der Waals surface area contributed by atoms with Crippen LogP contribution in [0.1, 0.15) is 34.2 Å². The molecule has 0 atom stereocenters. The third-order valence-corrected chi connectivity index (χ3v) is 3.97. The van der Waals surface area contributed by atoms with E-state index in [0.717, 1.165) is 28.9 Å². The van der Waals surface area contributed by atoms with Crippen LogP contribution in [-0.4, -0.2) is 20.7 Å². The molecule has 5 heteroatoms. The Bertz CT molecular complexity index is 865. The van der Waals surface area contributed by atoms with Crippen LogP contribution in [0, 0.1) is 13.8 Å². The van der Waals surface area contributed by atoms with E-state index in [2.05, 4.69) is 22.3 Å². The van der Waals surface area contributed by atoms with Crippen LogP contribution in [0.25, 0.3) is 5.69 Å². The van der Waals surface area contributed by atoms with Crippen LogP contribution in [0.3, 0.4) is 0 Å². The molecule has 0 bridgehead atoms. The molecule has 0 fully saturated rings. The standard InChI is InChI=1S/C19H20N4O/c1-4-15-7-5-6-14(3)17(15)21-19(24)18-20-12-23(22-18)16-10-8-13(2)9-11-16/h5-12H,4H2,1-3H3,(H,21,24). The maximum Gasteiger partial charge on any atom is 0.295 e. The van der Waals surface area contributed by atoms with E-state index in [4.69, 9.17) is 0 Å². The van der Waals surface area contributed by atoms with Gasteiger partial charge in [0.05, 0.1) is 5.69 Å². The minimum Gasteiger partial charge on any atom is -0.319 e. The lowest BCUT2D eigenvalue weighted by Crippen LogP contribution is -2.16. The van der Waals surface area contributed by atoms with E-state index in [0.29, 0.717) is 0 Å². The summed E-state index contributed by atoms with van der Waals surface area (Å²) in [5, 5.41) is 7.23. The molecule has 1 heterocycles. The maximum absolute atomic E-state index is 12.5. The van der Waals surface area contributed by atoms with Crippen molar-refractivity contribution in [3.63, 3.8) is 0 Å². The highest BCUT2D eigenvalue weighted by Crippen LogP contribution is 2.21. The zero-order valence-electron chi connectivity index (χ0n) is 14.1. The molecule has 5 nitrogen and oxygen atoms in total. The fourth-order valence-electron chi connectivity index (χ4n) is 2.56. The molecule has 1 amide bonds. The molecule has 3 rings (SSSR count). The van der Waals surface area contributed by atoms with E-state index >= 15 is 0 Å². The summed E-state index contributed by atoms with van der Waals surface area (Å²) >= 11 is 0. The molecule has 122 valence electrons. The predicted octanol–water partition coefficient (Wildman–Crippen LogP) is 3.70. The summed E-state index contributed by atoms with van der Waals surface area (Å²) in [5.41, 5.74) is 5.01. The summed E-state index contributed by atoms with van der Waals surface area (Å²) in [6, 6.07) is 13.9. The van der Waals surface area contributed by atoms with Crippen LogP contribution >= 0.6 is 0 Å². The Morgan fingerprint density at radius 3 is 2.58 bits per heavy atom. The normalized spacial score (nSPS) is 10.6. The van der Waals surface area contributed by atoms with Crippen molar-refractivity contribution >= 4 is 11.6 Å². The number of aryl methyl sites for hydroxylation is 3. The lowest BCUT2D eigenvalue weighted by Gasteiger charge is -2.11. The minimum absolute atomic E-state index is 0.154. The number of nitrogens with one attached hydrogen (secondary N) is 1. The number of rotatable bonds is 4. The Labute approximate surface area is 141 Å². The summed E-state index contributed by atoms with van der Waals surface area (Å²) in [6.07, 6.45) is 2.40. The SMILES string of the molecule is CCc1cccc(C)c1NC(=O)c1ncn(-c2ccc(C)cc2)n1. The molecule has 1 N–H and O–H groups in total. The van der Waals surface area contributed by atoms with Crippen molar-refractivity contribution in [2.75, 3.05) is 5.32 Å².